The zero-order chi connectivity index (χ0) is 22.2. The molecule has 5 heterocycles. The number of rotatable bonds is 4. The zero-order valence-corrected chi connectivity index (χ0v) is 19.3. The van der Waals surface area contributed by atoms with Gasteiger partial charge in [-0.1, -0.05) is 0 Å². The molecular formula is C24H26N6OS. The molecule has 8 heteroatoms. The van der Waals surface area contributed by atoms with Crippen molar-refractivity contribution >= 4 is 33.7 Å². The smallest absolute Gasteiger partial charge is 0.274 e. The summed E-state index contributed by atoms with van der Waals surface area (Å²) in [5, 5.41) is 4.27. The van der Waals surface area contributed by atoms with Crippen LogP contribution in [0.25, 0.3) is 5.65 Å². The second kappa shape index (κ2) is 8.35. The maximum absolute atomic E-state index is 13.2. The fraction of sp³-hybridized carbons (Fsp3) is 0.333. The van der Waals surface area contributed by atoms with Crippen molar-refractivity contribution in [2.75, 3.05) is 18.4 Å². The van der Waals surface area contributed by atoms with E-state index in [1.54, 1.807) is 11.3 Å². The fourth-order valence-electron chi connectivity index (χ4n) is 4.26. The van der Waals surface area contributed by atoms with Crippen LogP contribution in [0, 0.1) is 20.8 Å². The van der Waals surface area contributed by atoms with E-state index in [1.165, 1.54) is 4.88 Å². The lowest BCUT2D eigenvalue weighted by Crippen LogP contribution is -2.39. The number of carbonyl (C=O) groups excluding carboxylic acids is 1. The van der Waals surface area contributed by atoms with E-state index < -0.39 is 0 Å². The SMILES string of the molecule is Cc1ccn2cc(C(=O)N3CCC[C@@H](c4cc(Nc5ncc(C)s5)cc(C)n4)C3)nc2c1. The van der Waals surface area contributed by atoms with Crippen LogP contribution in [0.3, 0.4) is 0 Å². The number of imidazole rings is 1. The van der Waals surface area contributed by atoms with Crippen molar-refractivity contribution < 1.29 is 4.79 Å². The van der Waals surface area contributed by atoms with Gasteiger partial charge in [0.1, 0.15) is 11.3 Å². The molecule has 0 aliphatic carbocycles. The summed E-state index contributed by atoms with van der Waals surface area (Å²) in [7, 11) is 0. The number of likely N-dealkylation sites (tertiary alicyclic amines) is 1. The number of piperidine rings is 1. The Hall–Kier alpha value is -3.26. The molecule has 32 heavy (non-hydrogen) atoms. The van der Waals surface area contributed by atoms with Crippen LogP contribution in [0.2, 0.25) is 0 Å². The average Bonchev–Trinajstić information content (AvgIpc) is 3.38. The second-order valence-electron chi connectivity index (χ2n) is 8.51. The number of nitrogens with one attached hydrogen (secondary N) is 1. The number of anilines is 2. The number of hydrogen-bond acceptors (Lipinski definition) is 6. The molecule has 4 aromatic rings. The normalized spacial score (nSPS) is 16.5. The molecule has 1 atom stereocenters. The van der Waals surface area contributed by atoms with Crippen molar-refractivity contribution in [2.24, 2.45) is 0 Å². The number of hydrogen-bond donors (Lipinski definition) is 1. The minimum absolute atomic E-state index is 0.0136. The minimum Gasteiger partial charge on any atom is -0.337 e. The Bertz CT molecular complexity index is 1290. The predicted molar refractivity (Wildman–Crippen MR) is 127 cm³/mol. The zero-order valence-electron chi connectivity index (χ0n) is 18.5. The third-order valence-corrected chi connectivity index (χ3v) is 6.64. The third-order valence-electron chi connectivity index (χ3n) is 5.81. The highest BCUT2D eigenvalue weighted by atomic mass is 32.1. The quantitative estimate of drug-likeness (QED) is 0.484. The number of aromatic nitrogens is 4. The van der Waals surface area contributed by atoms with Gasteiger partial charge in [0, 0.05) is 59.6 Å². The van der Waals surface area contributed by atoms with Gasteiger partial charge in [-0.05, 0) is 63.4 Å². The van der Waals surface area contributed by atoms with Crippen LogP contribution in [0.1, 0.15) is 51.1 Å². The summed E-state index contributed by atoms with van der Waals surface area (Å²) >= 11 is 1.63. The molecule has 7 nitrogen and oxygen atoms in total. The lowest BCUT2D eigenvalue weighted by Gasteiger charge is -2.32. The van der Waals surface area contributed by atoms with E-state index in [2.05, 4.69) is 21.4 Å². The first-order valence-corrected chi connectivity index (χ1v) is 11.7. The first-order valence-electron chi connectivity index (χ1n) is 10.9. The topological polar surface area (TPSA) is 75.4 Å². The Kier molecular flexibility index (Phi) is 5.38. The first kappa shape index (κ1) is 20.6. The second-order valence-corrected chi connectivity index (χ2v) is 9.74. The van der Waals surface area contributed by atoms with E-state index in [1.807, 2.05) is 66.9 Å². The minimum atomic E-state index is -0.0136. The van der Waals surface area contributed by atoms with E-state index in [0.717, 1.165) is 52.8 Å². The lowest BCUT2D eigenvalue weighted by atomic mass is 9.93. The maximum Gasteiger partial charge on any atom is 0.274 e. The molecule has 1 amide bonds. The number of pyridine rings is 2. The summed E-state index contributed by atoms with van der Waals surface area (Å²) in [6.07, 6.45) is 7.60. The van der Waals surface area contributed by atoms with Crippen LogP contribution < -0.4 is 5.32 Å². The molecule has 0 saturated carbocycles. The van der Waals surface area contributed by atoms with Crippen molar-refractivity contribution in [1.82, 2.24) is 24.3 Å². The summed E-state index contributed by atoms with van der Waals surface area (Å²) in [6, 6.07) is 8.13. The summed E-state index contributed by atoms with van der Waals surface area (Å²) in [5.74, 6) is 0.186. The van der Waals surface area contributed by atoms with Gasteiger partial charge < -0.3 is 14.6 Å². The van der Waals surface area contributed by atoms with Gasteiger partial charge in [0.15, 0.2) is 5.13 Å². The molecule has 0 aromatic carbocycles. The van der Waals surface area contributed by atoms with Crippen molar-refractivity contribution in [1.29, 1.82) is 0 Å². The monoisotopic (exact) mass is 446 g/mol. The Morgan fingerprint density at radius 1 is 1.19 bits per heavy atom. The van der Waals surface area contributed by atoms with E-state index in [9.17, 15) is 4.79 Å². The molecule has 0 spiro atoms. The van der Waals surface area contributed by atoms with Gasteiger partial charge in [-0.3, -0.25) is 9.78 Å². The number of fused-ring (bicyclic) bond motifs is 1. The molecule has 1 aliphatic rings. The van der Waals surface area contributed by atoms with E-state index >= 15 is 0 Å². The Morgan fingerprint density at radius 2 is 2.06 bits per heavy atom. The Balaban J connectivity index is 1.35. The van der Waals surface area contributed by atoms with Crippen LogP contribution in [-0.4, -0.2) is 43.2 Å². The Morgan fingerprint density at radius 3 is 2.88 bits per heavy atom. The first-order chi connectivity index (χ1) is 15.4. The van der Waals surface area contributed by atoms with Gasteiger partial charge in [0.2, 0.25) is 0 Å². The third kappa shape index (κ3) is 4.23. The molecule has 1 aliphatic heterocycles. The highest BCUT2D eigenvalue weighted by molar-refractivity contribution is 7.15. The summed E-state index contributed by atoms with van der Waals surface area (Å²) < 4.78 is 1.90. The molecule has 164 valence electrons. The molecule has 1 saturated heterocycles. The number of carbonyl (C=O) groups is 1. The van der Waals surface area contributed by atoms with Crippen LogP contribution in [0.15, 0.2) is 42.9 Å². The van der Waals surface area contributed by atoms with E-state index in [4.69, 9.17) is 4.98 Å². The average molecular weight is 447 g/mol. The van der Waals surface area contributed by atoms with Crippen molar-refractivity contribution in [2.45, 2.75) is 39.5 Å². The fourth-order valence-corrected chi connectivity index (χ4v) is 4.95. The van der Waals surface area contributed by atoms with E-state index in [0.29, 0.717) is 12.2 Å². The predicted octanol–water partition coefficient (Wildman–Crippen LogP) is 4.87. The summed E-state index contributed by atoms with van der Waals surface area (Å²) in [4.78, 5) is 30.1. The van der Waals surface area contributed by atoms with Crippen LogP contribution >= 0.6 is 11.3 Å². The van der Waals surface area contributed by atoms with Gasteiger partial charge >= 0.3 is 0 Å². The van der Waals surface area contributed by atoms with Gasteiger partial charge in [-0.25, -0.2) is 9.97 Å². The number of amides is 1. The molecule has 1 fully saturated rings. The van der Waals surface area contributed by atoms with Gasteiger partial charge in [-0.15, -0.1) is 11.3 Å². The summed E-state index contributed by atoms with van der Waals surface area (Å²) in [6.45, 7) is 7.48. The van der Waals surface area contributed by atoms with E-state index in [-0.39, 0.29) is 11.8 Å². The molecule has 0 unspecified atom stereocenters. The highest BCUT2D eigenvalue weighted by Crippen LogP contribution is 2.30. The summed E-state index contributed by atoms with van der Waals surface area (Å²) in [5.41, 5.74) is 5.38. The molecule has 4 aromatic heterocycles. The van der Waals surface area contributed by atoms with Gasteiger partial charge in [0.25, 0.3) is 5.91 Å². The van der Waals surface area contributed by atoms with Crippen molar-refractivity contribution in [3.05, 3.63) is 70.4 Å². The van der Waals surface area contributed by atoms with Crippen molar-refractivity contribution in [3.8, 4) is 0 Å². The van der Waals surface area contributed by atoms with Crippen LogP contribution in [-0.2, 0) is 0 Å². The number of thiazole rings is 1. The standard InChI is InChI=1S/C24H26N6OS/c1-15-6-8-29-14-21(28-22(29)9-15)23(31)30-7-4-5-18(13-30)20-11-19(10-16(2)26-20)27-24-25-12-17(3)32-24/h6,8-12,14,18H,4-5,7,13H2,1-3H3,(H,25,26,27)/t18-/m1/s1. The number of nitrogens with zero attached hydrogens (tertiary/aromatic N) is 5. The molecule has 1 N–H and O–H groups in total. The van der Waals surface area contributed by atoms with Crippen LogP contribution in [0.4, 0.5) is 10.8 Å². The van der Waals surface area contributed by atoms with Crippen molar-refractivity contribution in [3.63, 3.8) is 0 Å². The largest absolute Gasteiger partial charge is 0.337 e. The lowest BCUT2D eigenvalue weighted by molar-refractivity contribution is 0.0700. The van der Waals surface area contributed by atoms with Crippen LogP contribution in [0.5, 0.6) is 0 Å². The molecule has 0 bridgehead atoms. The molecular weight excluding hydrogens is 420 g/mol. The molecule has 5 rings (SSSR count). The van der Waals surface area contributed by atoms with Gasteiger partial charge in [-0.2, -0.15) is 0 Å². The number of aryl methyl sites for hydroxylation is 3. The highest BCUT2D eigenvalue weighted by Gasteiger charge is 2.28. The Labute approximate surface area is 191 Å². The molecule has 0 radical (unpaired) electrons. The van der Waals surface area contributed by atoms with Gasteiger partial charge in [0.05, 0.1) is 0 Å². The maximum atomic E-state index is 13.2.